The monoisotopic (exact) mass is 305 g/mol. The fraction of sp³-hybridized carbons (Fsp3) is 0.857. The quantitative estimate of drug-likeness (QED) is 0.818. The van der Waals surface area contributed by atoms with Crippen LogP contribution < -0.4 is 11.1 Å². The normalized spacial score (nSPS) is 22.4. The van der Waals surface area contributed by atoms with Gasteiger partial charge in [0, 0.05) is 31.5 Å². The lowest BCUT2D eigenvalue weighted by Gasteiger charge is -2.23. The highest BCUT2D eigenvalue weighted by Gasteiger charge is 2.34. The first-order valence-electron chi connectivity index (χ1n) is 6.94. The third-order valence-electron chi connectivity index (χ3n) is 3.71. The van der Waals surface area contributed by atoms with E-state index in [9.17, 15) is 9.59 Å². The van der Waals surface area contributed by atoms with E-state index < -0.39 is 5.41 Å². The van der Waals surface area contributed by atoms with Crippen molar-refractivity contribution in [1.29, 1.82) is 0 Å². The maximum atomic E-state index is 12.0. The van der Waals surface area contributed by atoms with Crippen molar-refractivity contribution in [2.75, 3.05) is 26.2 Å². The first-order chi connectivity index (χ1) is 8.68. The lowest BCUT2D eigenvalue weighted by molar-refractivity contribution is -0.131. The summed E-state index contributed by atoms with van der Waals surface area (Å²) in [6.45, 7) is 10.2. The fourth-order valence-electron chi connectivity index (χ4n) is 2.11. The van der Waals surface area contributed by atoms with Crippen LogP contribution in [0.1, 0.15) is 40.5 Å². The highest BCUT2D eigenvalue weighted by molar-refractivity contribution is 5.85. The number of nitrogens with zero attached hydrogens (tertiary/aromatic N) is 1. The molecule has 0 saturated carbocycles. The van der Waals surface area contributed by atoms with Crippen molar-refractivity contribution in [1.82, 2.24) is 10.2 Å². The van der Waals surface area contributed by atoms with Gasteiger partial charge in [-0.2, -0.15) is 0 Å². The van der Waals surface area contributed by atoms with Gasteiger partial charge in [0.2, 0.25) is 11.8 Å². The Hall–Kier alpha value is -0.810. The van der Waals surface area contributed by atoms with Crippen molar-refractivity contribution in [3.63, 3.8) is 0 Å². The van der Waals surface area contributed by atoms with Gasteiger partial charge in [-0.1, -0.05) is 27.7 Å². The Kier molecular flexibility index (Phi) is 6.98. The van der Waals surface area contributed by atoms with Gasteiger partial charge < -0.3 is 16.0 Å². The maximum absolute atomic E-state index is 12.0. The van der Waals surface area contributed by atoms with Gasteiger partial charge in [0.15, 0.2) is 0 Å². The van der Waals surface area contributed by atoms with Crippen molar-refractivity contribution in [2.24, 2.45) is 16.6 Å². The summed E-state index contributed by atoms with van der Waals surface area (Å²) in [4.78, 5) is 25.5. The second-order valence-electron chi connectivity index (χ2n) is 6.84. The number of halogens is 1. The van der Waals surface area contributed by atoms with Crippen molar-refractivity contribution >= 4 is 24.2 Å². The number of amides is 2. The predicted molar refractivity (Wildman–Crippen MR) is 82.7 cm³/mol. The molecular weight excluding hydrogens is 278 g/mol. The predicted octanol–water partition coefficient (Wildman–Crippen LogP) is 1.16. The number of nitrogens with one attached hydrogen (secondary N) is 1. The Balaban J connectivity index is 0.00000361. The number of hydrogen-bond acceptors (Lipinski definition) is 3. The number of carbonyl (C=O) groups excluding carboxylic acids is 2. The average molecular weight is 306 g/mol. The van der Waals surface area contributed by atoms with E-state index in [1.165, 1.54) is 0 Å². The molecular formula is C14H28ClN3O2. The second kappa shape index (κ2) is 7.27. The van der Waals surface area contributed by atoms with Crippen molar-refractivity contribution < 1.29 is 9.59 Å². The highest BCUT2D eigenvalue weighted by Crippen LogP contribution is 2.28. The van der Waals surface area contributed by atoms with Crippen LogP contribution in [0.5, 0.6) is 0 Å². The minimum absolute atomic E-state index is 0. The average Bonchev–Trinajstić information content (AvgIpc) is 2.71. The Morgan fingerprint density at radius 3 is 2.40 bits per heavy atom. The van der Waals surface area contributed by atoms with Gasteiger partial charge in [0.25, 0.3) is 0 Å². The summed E-state index contributed by atoms with van der Waals surface area (Å²) in [5.41, 5.74) is 5.38. The van der Waals surface area contributed by atoms with E-state index in [2.05, 4.69) is 12.2 Å². The molecule has 20 heavy (non-hydrogen) atoms. The first kappa shape index (κ1) is 19.2. The molecule has 0 radical (unpaired) electrons. The molecule has 0 aliphatic carbocycles. The van der Waals surface area contributed by atoms with Gasteiger partial charge in [-0.3, -0.25) is 9.59 Å². The van der Waals surface area contributed by atoms with Gasteiger partial charge in [-0.25, -0.2) is 0 Å². The van der Waals surface area contributed by atoms with Crippen LogP contribution in [0.4, 0.5) is 0 Å². The Bertz CT molecular complexity index is 355. The fourth-order valence-corrected chi connectivity index (χ4v) is 2.11. The van der Waals surface area contributed by atoms with Crippen molar-refractivity contribution in [3.05, 3.63) is 0 Å². The molecule has 0 aromatic heterocycles. The van der Waals surface area contributed by atoms with E-state index in [4.69, 9.17) is 5.73 Å². The topological polar surface area (TPSA) is 75.4 Å². The largest absolute Gasteiger partial charge is 0.355 e. The summed E-state index contributed by atoms with van der Waals surface area (Å²) in [5.74, 6) is 0.0832. The van der Waals surface area contributed by atoms with Gasteiger partial charge in [0.05, 0.1) is 0 Å². The summed E-state index contributed by atoms with van der Waals surface area (Å²) in [6, 6.07) is 0. The van der Waals surface area contributed by atoms with Gasteiger partial charge in [-0.15, -0.1) is 12.4 Å². The van der Waals surface area contributed by atoms with E-state index in [0.29, 0.717) is 19.5 Å². The van der Waals surface area contributed by atoms with E-state index in [0.717, 1.165) is 19.5 Å². The van der Waals surface area contributed by atoms with Crippen molar-refractivity contribution in [2.45, 2.75) is 40.5 Å². The summed E-state index contributed by atoms with van der Waals surface area (Å²) >= 11 is 0. The van der Waals surface area contributed by atoms with Crippen LogP contribution in [-0.4, -0.2) is 42.9 Å². The summed E-state index contributed by atoms with van der Waals surface area (Å²) in [6.07, 6.45) is 1.33. The Morgan fingerprint density at radius 2 is 1.95 bits per heavy atom. The van der Waals surface area contributed by atoms with E-state index >= 15 is 0 Å². The third-order valence-corrected chi connectivity index (χ3v) is 3.71. The smallest absolute Gasteiger partial charge is 0.225 e. The SMILES string of the molecule is CC1(CN)CCN(C(=O)CCNC(=O)C(C)(C)C)C1.Cl. The van der Waals surface area contributed by atoms with E-state index in [-0.39, 0.29) is 29.6 Å². The molecule has 1 saturated heterocycles. The van der Waals surface area contributed by atoms with Crippen LogP contribution in [0.3, 0.4) is 0 Å². The van der Waals surface area contributed by atoms with Crippen LogP contribution in [0.2, 0.25) is 0 Å². The lowest BCUT2D eigenvalue weighted by Crippen LogP contribution is -2.39. The summed E-state index contributed by atoms with van der Waals surface area (Å²) in [5, 5.41) is 2.80. The number of hydrogen-bond donors (Lipinski definition) is 2. The molecule has 6 heteroatoms. The maximum Gasteiger partial charge on any atom is 0.225 e. The standard InChI is InChI=1S/C14H27N3O2.ClH/c1-13(2,3)12(19)16-7-5-11(18)17-8-6-14(4,9-15)10-17;/h5-10,15H2,1-4H3,(H,16,19);1H. The molecule has 0 spiro atoms. The molecule has 1 heterocycles. The summed E-state index contributed by atoms with van der Waals surface area (Å²) < 4.78 is 0. The zero-order valence-corrected chi connectivity index (χ0v) is 13.8. The molecule has 1 fully saturated rings. The molecule has 118 valence electrons. The molecule has 0 bridgehead atoms. The lowest BCUT2D eigenvalue weighted by atomic mass is 9.90. The van der Waals surface area contributed by atoms with E-state index in [1.54, 1.807) is 0 Å². The molecule has 1 atom stereocenters. The van der Waals surface area contributed by atoms with Gasteiger partial charge in [0.1, 0.15) is 0 Å². The van der Waals surface area contributed by atoms with Crippen molar-refractivity contribution in [3.8, 4) is 0 Å². The molecule has 3 N–H and O–H groups in total. The van der Waals surface area contributed by atoms with Gasteiger partial charge in [-0.05, 0) is 18.4 Å². The molecule has 1 aliphatic heterocycles. The molecule has 1 rings (SSSR count). The molecule has 5 nitrogen and oxygen atoms in total. The highest BCUT2D eigenvalue weighted by atomic mass is 35.5. The van der Waals surface area contributed by atoms with Crippen LogP contribution in [0.15, 0.2) is 0 Å². The first-order valence-corrected chi connectivity index (χ1v) is 6.94. The molecule has 1 aliphatic rings. The van der Waals surface area contributed by atoms with Crippen LogP contribution in [0, 0.1) is 10.8 Å². The number of rotatable bonds is 4. The number of nitrogens with two attached hydrogens (primary N) is 1. The molecule has 2 amide bonds. The van der Waals surface area contributed by atoms with Crippen LogP contribution in [-0.2, 0) is 9.59 Å². The minimum Gasteiger partial charge on any atom is -0.355 e. The zero-order valence-electron chi connectivity index (χ0n) is 13.0. The molecule has 0 aromatic carbocycles. The third kappa shape index (κ3) is 5.29. The zero-order chi connectivity index (χ0) is 14.7. The Morgan fingerprint density at radius 1 is 1.35 bits per heavy atom. The number of likely N-dealkylation sites (tertiary alicyclic amines) is 1. The number of carbonyl (C=O) groups is 2. The van der Waals surface area contributed by atoms with Gasteiger partial charge >= 0.3 is 0 Å². The molecule has 1 unspecified atom stereocenters. The second-order valence-corrected chi connectivity index (χ2v) is 6.84. The Labute approximate surface area is 128 Å². The molecule has 0 aromatic rings. The van der Waals surface area contributed by atoms with Crippen LogP contribution in [0.25, 0.3) is 0 Å². The summed E-state index contributed by atoms with van der Waals surface area (Å²) in [7, 11) is 0. The minimum atomic E-state index is -0.408. The van der Waals surface area contributed by atoms with Crippen LogP contribution >= 0.6 is 12.4 Å². The van der Waals surface area contributed by atoms with E-state index in [1.807, 2.05) is 25.7 Å².